The van der Waals surface area contributed by atoms with Crippen molar-refractivity contribution in [3.63, 3.8) is 0 Å². The first-order chi connectivity index (χ1) is 22.4. The lowest BCUT2D eigenvalue weighted by Gasteiger charge is -2.16. The number of sulfonamides is 1. The molecule has 0 saturated carbocycles. The van der Waals surface area contributed by atoms with Crippen LogP contribution in [0.25, 0.3) is 6.08 Å². The maximum Gasteiger partial charge on any atom is 0.252 e. The van der Waals surface area contributed by atoms with E-state index in [0.717, 1.165) is 12.0 Å². The summed E-state index contributed by atoms with van der Waals surface area (Å²) in [4.78, 5) is 23.3. The third-order valence-corrected chi connectivity index (χ3v) is 8.04. The van der Waals surface area contributed by atoms with Gasteiger partial charge in [-0.15, -0.1) is 0 Å². The molecule has 1 amide bonds. The number of allylic oxidation sites excluding steroid dienone is 1. The van der Waals surface area contributed by atoms with Crippen molar-refractivity contribution in [3.8, 4) is 11.5 Å². The van der Waals surface area contributed by atoms with Crippen molar-refractivity contribution in [2.24, 2.45) is 0 Å². The van der Waals surface area contributed by atoms with Gasteiger partial charge in [-0.05, 0) is 61.7 Å². The summed E-state index contributed by atoms with van der Waals surface area (Å²) in [6, 6.07) is 7.43. The predicted octanol–water partition coefficient (Wildman–Crippen LogP) is 3.11. The topological polar surface area (TPSA) is 170 Å². The van der Waals surface area contributed by atoms with Gasteiger partial charge < -0.3 is 34.5 Å². The van der Waals surface area contributed by atoms with Crippen LogP contribution < -0.4 is 14.8 Å². The van der Waals surface area contributed by atoms with E-state index in [9.17, 15) is 37.0 Å². The van der Waals surface area contributed by atoms with Crippen LogP contribution in [0.3, 0.4) is 0 Å². The zero-order valence-electron chi connectivity index (χ0n) is 26.8. The van der Waals surface area contributed by atoms with Gasteiger partial charge in [-0.1, -0.05) is 25.5 Å². The lowest BCUT2D eigenvalue weighted by Crippen LogP contribution is -2.46. The summed E-state index contributed by atoms with van der Waals surface area (Å²) >= 11 is 0. The quantitative estimate of drug-likeness (QED) is 0.128. The molecule has 0 fully saturated rings. The van der Waals surface area contributed by atoms with Gasteiger partial charge in [0.05, 0.1) is 44.5 Å². The van der Waals surface area contributed by atoms with Crippen LogP contribution in [0.1, 0.15) is 45.6 Å². The van der Waals surface area contributed by atoms with Crippen LogP contribution in [-0.2, 0) is 33.8 Å². The van der Waals surface area contributed by atoms with Crippen molar-refractivity contribution < 1.29 is 55.9 Å². The number of rotatable bonds is 23. The molecule has 262 valence electrons. The number of hydrogen-bond acceptors (Lipinski definition) is 10. The molecule has 0 aromatic heterocycles. The standard InChI is InChI=1S/C32H44F2N2O10S/c1-4-6-28(37)29(38)30(39)32(40)35-11-13-43-15-17-45-18-16-44-14-12-36-47(41,42)25-9-7-24(8-10-25)46-31-26(33)20-23(21-27(31)34)19-22(3)5-2/h7-10,19-21,29-30,36,38-39H,4-6,11-18H2,1-3H3,(H,35,40)/b22-19+/t29-,30+/m0/s1. The molecule has 0 radical (unpaired) electrons. The summed E-state index contributed by atoms with van der Waals surface area (Å²) in [6.07, 6.45) is -0.622. The van der Waals surface area contributed by atoms with Crippen molar-refractivity contribution in [1.82, 2.24) is 10.0 Å². The molecular weight excluding hydrogens is 642 g/mol. The van der Waals surface area contributed by atoms with E-state index in [1.807, 2.05) is 13.8 Å². The van der Waals surface area contributed by atoms with Crippen LogP contribution in [0, 0.1) is 11.6 Å². The van der Waals surface area contributed by atoms with E-state index in [-0.39, 0.29) is 69.8 Å². The molecule has 2 aromatic carbocycles. The fourth-order valence-electron chi connectivity index (χ4n) is 3.89. The first-order valence-electron chi connectivity index (χ1n) is 15.2. The molecule has 0 bridgehead atoms. The molecule has 0 aliphatic carbocycles. The van der Waals surface area contributed by atoms with Crippen LogP contribution in [-0.4, -0.2) is 95.3 Å². The highest BCUT2D eigenvalue weighted by Crippen LogP contribution is 2.30. The van der Waals surface area contributed by atoms with E-state index < -0.39 is 51.3 Å². The molecule has 0 aliphatic heterocycles. The molecule has 12 nitrogen and oxygen atoms in total. The molecular formula is C32H44F2N2O10S. The molecule has 4 N–H and O–H groups in total. The highest BCUT2D eigenvalue weighted by atomic mass is 32.2. The minimum absolute atomic E-state index is 0.0113. The first kappa shape index (κ1) is 39.9. The van der Waals surface area contributed by atoms with E-state index in [2.05, 4.69) is 10.0 Å². The number of aliphatic hydroxyl groups is 2. The summed E-state index contributed by atoms with van der Waals surface area (Å²) in [7, 11) is -3.87. The highest BCUT2D eigenvalue weighted by molar-refractivity contribution is 7.89. The van der Waals surface area contributed by atoms with Crippen molar-refractivity contribution in [1.29, 1.82) is 0 Å². The third kappa shape index (κ3) is 14.1. The van der Waals surface area contributed by atoms with Gasteiger partial charge >= 0.3 is 0 Å². The Morgan fingerprint density at radius 1 is 0.872 bits per heavy atom. The molecule has 15 heteroatoms. The number of benzene rings is 2. The molecule has 0 saturated heterocycles. The monoisotopic (exact) mass is 686 g/mol. The molecule has 0 spiro atoms. The number of ether oxygens (including phenoxy) is 4. The maximum atomic E-state index is 14.5. The Hall–Kier alpha value is -3.31. The zero-order chi connectivity index (χ0) is 34.8. The Morgan fingerprint density at radius 3 is 1.98 bits per heavy atom. The van der Waals surface area contributed by atoms with Crippen LogP contribution in [0.4, 0.5) is 8.78 Å². The van der Waals surface area contributed by atoms with Gasteiger partial charge in [0.15, 0.2) is 29.3 Å². The number of hydrogen-bond donors (Lipinski definition) is 4. The number of carbonyl (C=O) groups is 2. The summed E-state index contributed by atoms with van der Waals surface area (Å²) in [6.45, 7) is 6.65. The molecule has 0 heterocycles. The number of halogens is 2. The number of amides is 1. The summed E-state index contributed by atoms with van der Waals surface area (Å²) < 4.78 is 77.9. The van der Waals surface area contributed by atoms with Gasteiger partial charge in [0.2, 0.25) is 10.0 Å². The van der Waals surface area contributed by atoms with E-state index in [4.69, 9.17) is 18.9 Å². The van der Waals surface area contributed by atoms with E-state index in [1.165, 1.54) is 36.4 Å². The number of carbonyl (C=O) groups excluding carboxylic acids is 2. The van der Waals surface area contributed by atoms with Gasteiger partial charge in [-0.3, -0.25) is 9.59 Å². The smallest absolute Gasteiger partial charge is 0.252 e. The molecule has 2 rings (SSSR count). The van der Waals surface area contributed by atoms with Gasteiger partial charge in [-0.25, -0.2) is 21.9 Å². The van der Waals surface area contributed by atoms with Crippen LogP contribution in [0.5, 0.6) is 11.5 Å². The van der Waals surface area contributed by atoms with Crippen molar-refractivity contribution in [2.45, 2.75) is 57.1 Å². The fourth-order valence-corrected chi connectivity index (χ4v) is 4.90. The first-order valence-corrected chi connectivity index (χ1v) is 16.7. The van der Waals surface area contributed by atoms with Crippen molar-refractivity contribution in [2.75, 3.05) is 52.7 Å². The number of nitrogens with one attached hydrogen (secondary N) is 2. The van der Waals surface area contributed by atoms with E-state index >= 15 is 0 Å². The maximum absolute atomic E-state index is 14.5. The average Bonchev–Trinajstić information content (AvgIpc) is 3.04. The second kappa shape index (κ2) is 20.8. The minimum Gasteiger partial charge on any atom is -0.451 e. The second-order valence-electron chi connectivity index (χ2n) is 10.4. The van der Waals surface area contributed by atoms with Crippen molar-refractivity contribution >= 4 is 27.8 Å². The lowest BCUT2D eigenvalue weighted by atomic mass is 10.1. The van der Waals surface area contributed by atoms with E-state index in [1.54, 1.807) is 13.0 Å². The van der Waals surface area contributed by atoms with Gasteiger partial charge in [0.1, 0.15) is 11.9 Å². The minimum atomic E-state index is -3.87. The molecule has 47 heavy (non-hydrogen) atoms. The van der Waals surface area contributed by atoms with Gasteiger partial charge in [-0.2, -0.15) is 0 Å². The average molecular weight is 687 g/mol. The number of Topliss-reactive ketones (excluding diaryl/α,β-unsaturated/α-hetero) is 1. The third-order valence-electron chi connectivity index (χ3n) is 6.57. The second-order valence-corrected chi connectivity index (χ2v) is 12.1. The summed E-state index contributed by atoms with van der Waals surface area (Å²) in [5, 5.41) is 21.8. The Morgan fingerprint density at radius 2 is 1.43 bits per heavy atom. The van der Waals surface area contributed by atoms with Gasteiger partial charge in [0.25, 0.3) is 5.91 Å². The van der Waals surface area contributed by atoms with Gasteiger partial charge in [0, 0.05) is 19.5 Å². The Balaban J connectivity index is 1.59. The summed E-state index contributed by atoms with van der Waals surface area (Å²) in [5.74, 6) is -3.76. The van der Waals surface area contributed by atoms with Crippen LogP contribution in [0.2, 0.25) is 0 Å². The Labute approximate surface area is 274 Å². The molecule has 2 atom stereocenters. The number of ketones is 1. The van der Waals surface area contributed by atoms with Crippen LogP contribution in [0.15, 0.2) is 46.9 Å². The highest BCUT2D eigenvalue weighted by Gasteiger charge is 2.29. The van der Waals surface area contributed by atoms with E-state index in [0.29, 0.717) is 12.0 Å². The Bertz CT molecular complexity index is 1400. The normalized spacial score (nSPS) is 13.3. The SMILES string of the molecule is CCCC(=O)[C@H](O)[C@@H](O)C(=O)NCCOCCOCCOCCNS(=O)(=O)c1ccc(Oc2c(F)cc(/C=C(\C)CC)cc2F)cc1. The summed E-state index contributed by atoms with van der Waals surface area (Å²) in [5.41, 5.74) is 1.33. The predicted molar refractivity (Wildman–Crippen MR) is 169 cm³/mol. The Kier molecular flexibility index (Phi) is 17.7. The zero-order valence-corrected chi connectivity index (χ0v) is 27.6. The molecule has 2 aromatic rings. The van der Waals surface area contributed by atoms with Crippen LogP contribution >= 0.6 is 0 Å². The number of aliphatic hydroxyl groups excluding tert-OH is 2. The fraction of sp³-hybridized carbons (Fsp3) is 0.500. The lowest BCUT2D eigenvalue weighted by molar-refractivity contribution is -0.145. The molecule has 0 aliphatic rings. The molecule has 0 unspecified atom stereocenters. The van der Waals surface area contributed by atoms with Crippen molar-refractivity contribution in [3.05, 3.63) is 59.2 Å². The largest absolute Gasteiger partial charge is 0.451 e.